The van der Waals surface area contributed by atoms with Gasteiger partial charge < -0.3 is 0 Å². The van der Waals surface area contributed by atoms with Crippen LogP contribution in [0.25, 0.3) is 0 Å². The summed E-state index contributed by atoms with van der Waals surface area (Å²) >= 11 is -1.98. The molecule has 0 aromatic carbocycles. The molecule has 0 atom stereocenters. The van der Waals surface area contributed by atoms with Crippen molar-refractivity contribution in [2.75, 3.05) is 0 Å². The Morgan fingerprint density at radius 2 is 0.893 bits per heavy atom. The Morgan fingerprint density at radius 1 is 0.607 bits per heavy atom. The van der Waals surface area contributed by atoms with Gasteiger partial charge in [0.25, 0.3) is 0 Å². The van der Waals surface area contributed by atoms with E-state index in [-0.39, 0.29) is 0 Å². The minimum atomic E-state index is -3.09. The molecule has 0 aromatic rings. The molecule has 0 N–H and O–H groups in total. The average Bonchev–Trinajstić information content (AvgIpc) is 2.52. The standard InChI is InChI=1S/C16H16O10.O.V/c1-7(17)15(8(2)18,9(3)19)13(23)25-26-14(24)16(10(4)20,11(5)21)12(6)22;;/h1H,2-6H3;;. The number of ketones is 6. The summed E-state index contributed by atoms with van der Waals surface area (Å²) in [7, 11) is 0. The van der Waals surface area contributed by atoms with Crippen molar-refractivity contribution in [1.29, 1.82) is 0 Å². The molecule has 0 rings (SSSR count). The van der Waals surface area contributed by atoms with Gasteiger partial charge in [0.15, 0.2) is 0 Å². The summed E-state index contributed by atoms with van der Waals surface area (Å²) in [6.07, 6.45) is 0. The van der Waals surface area contributed by atoms with Gasteiger partial charge in [0.1, 0.15) is 0 Å². The second-order valence-corrected chi connectivity index (χ2v) is 6.35. The number of carbonyl (C=O) groups excluding carboxylic acids is 8. The Balaban J connectivity index is 6.11. The molecule has 0 bridgehead atoms. The molecule has 0 spiro atoms. The third-order valence-corrected chi connectivity index (χ3v) is 4.52. The average molecular weight is 435 g/mol. The van der Waals surface area contributed by atoms with Gasteiger partial charge in [0.05, 0.1) is 0 Å². The summed E-state index contributed by atoms with van der Waals surface area (Å²) in [6.45, 7) is 3.64. The second kappa shape index (κ2) is 9.42. The Labute approximate surface area is 164 Å². The molecule has 0 aliphatic carbocycles. The van der Waals surface area contributed by atoms with Crippen LogP contribution in [0.15, 0.2) is 0 Å². The molecule has 28 heavy (non-hydrogen) atoms. The van der Waals surface area contributed by atoms with Crippen LogP contribution in [0, 0.1) is 10.8 Å². The number of rotatable bonds is 9. The first-order valence-electron chi connectivity index (χ1n) is 7.44. The molecule has 11 nitrogen and oxygen atoms in total. The molecule has 0 aromatic heterocycles. The van der Waals surface area contributed by atoms with Crippen LogP contribution >= 0.6 is 0 Å². The fourth-order valence-electron chi connectivity index (χ4n) is 2.50. The molecule has 0 unspecified atom stereocenters. The second-order valence-electron chi connectivity index (χ2n) is 5.62. The molecular formula is C16H16O11V. The molecule has 0 saturated heterocycles. The Kier molecular flexibility index (Phi) is 8.49. The molecule has 0 fully saturated rings. The normalized spacial score (nSPS) is 10.8. The summed E-state index contributed by atoms with van der Waals surface area (Å²) < 4.78 is 11.2. The van der Waals surface area contributed by atoms with Gasteiger partial charge in [-0.2, -0.15) is 0 Å². The van der Waals surface area contributed by atoms with Gasteiger partial charge in [0.2, 0.25) is 0 Å². The van der Waals surface area contributed by atoms with E-state index in [0.717, 1.165) is 20.8 Å². The SMILES string of the molecule is CC(=O)C(C(C)=O)(C(C)=O)C(=O)OOC(=O)C(C(C)=O)(C(C)=O)C(=O)[CH]=[V]=[O]. The van der Waals surface area contributed by atoms with E-state index in [1.54, 1.807) is 0 Å². The van der Waals surface area contributed by atoms with Crippen LogP contribution in [0.4, 0.5) is 0 Å². The van der Waals surface area contributed by atoms with E-state index < -0.39 is 73.3 Å². The summed E-state index contributed by atoms with van der Waals surface area (Å²) in [5.41, 5.74) is -6.02. The first kappa shape index (κ1) is 25.2. The van der Waals surface area contributed by atoms with Crippen LogP contribution in [-0.2, 0) is 67.6 Å². The monoisotopic (exact) mass is 435 g/mol. The van der Waals surface area contributed by atoms with Crippen molar-refractivity contribution in [3.8, 4) is 0 Å². The van der Waals surface area contributed by atoms with Gasteiger partial charge in [-0.3, -0.25) is 0 Å². The maximum atomic E-state index is 12.3. The van der Waals surface area contributed by atoms with E-state index in [1.807, 2.05) is 0 Å². The fourth-order valence-corrected chi connectivity index (χ4v) is 2.96. The minimum absolute atomic E-state index is 0.438. The summed E-state index contributed by atoms with van der Waals surface area (Å²) in [5.74, 6) is -11.6. The van der Waals surface area contributed by atoms with Gasteiger partial charge in [0, 0.05) is 0 Å². The van der Waals surface area contributed by atoms with Gasteiger partial charge in [-0.25, -0.2) is 0 Å². The number of hydrogen-bond acceptors (Lipinski definition) is 11. The quantitative estimate of drug-likeness (QED) is 0.239. The predicted molar refractivity (Wildman–Crippen MR) is 82.2 cm³/mol. The first-order chi connectivity index (χ1) is 12.7. The zero-order chi connectivity index (χ0) is 22.4. The zero-order valence-corrected chi connectivity index (χ0v) is 16.9. The summed E-state index contributed by atoms with van der Waals surface area (Å²) in [4.78, 5) is 104. The van der Waals surface area contributed by atoms with Crippen molar-refractivity contribution in [3.05, 3.63) is 0 Å². The Bertz CT molecular complexity index is 795. The van der Waals surface area contributed by atoms with E-state index in [0.29, 0.717) is 18.6 Å². The summed E-state index contributed by atoms with van der Waals surface area (Å²) in [6, 6.07) is 0. The molecule has 0 aliphatic heterocycles. The molecule has 0 aliphatic rings. The summed E-state index contributed by atoms with van der Waals surface area (Å²) in [5, 5.41) is 0. The molecule has 0 amide bonds. The van der Waals surface area contributed by atoms with E-state index in [4.69, 9.17) is 0 Å². The van der Waals surface area contributed by atoms with Crippen LogP contribution in [0.1, 0.15) is 34.6 Å². The Morgan fingerprint density at radius 3 is 1.14 bits per heavy atom. The van der Waals surface area contributed by atoms with Crippen LogP contribution in [0.2, 0.25) is 0 Å². The van der Waals surface area contributed by atoms with Crippen molar-refractivity contribution in [2.24, 2.45) is 10.8 Å². The number of hydrogen-bond donors (Lipinski definition) is 0. The number of carbonyl (C=O) groups is 8. The van der Waals surface area contributed by atoms with Crippen molar-refractivity contribution in [3.63, 3.8) is 0 Å². The van der Waals surface area contributed by atoms with Crippen LogP contribution in [0.3, 0.4) is 0 Å². The van der Waals surface area contributed by atoms with E-state index in [2.05, 4.69) is 9.78 Å². The first-order valence-corrected chi connectivity index (χ1v) is 8.81. The molecule has 0 saturated carbocycles. The van der Waals surface area contributed by atoms with Crippen molar-refractivity contribution in [2.45, 2.75) is 34.6 Å². The van der Waals surface area contributed by atoms with Gasteiger partial charge in [-0.1, -0.05) is 0 Å². The molecule has 151 valence electrons. The molecule has 0 heterocycles. The third-order valence-electron chi connectivity index (χ3n) is 3.99. The molecular weight excluding hydrogens is 419 g/mol. The maximum absolute atomic E-state index is 12.3. The van der Waals surface area contributed by atoms with Gasteiger partial charge >= 0.3 is 164 Å². The third kappa shape index (κ3) is 4.05. The molecule has 0 radical (unpaired) electrons. The van der Waals surface area contributed by atoms with Gasteiger partial charge in [-0.15, -0.1) is 0 Å². The zero-order valence-electron chi connectivity index (χ0n) is 15.5. The topological polar surface area (TPSA) is 172 Å². The van der Waals surface area contributed by atoms with Crippen molar-refractivity contribution < 1.29 is 67.6 Å². The Hall–Kier alpha value is -2.79. The van der Waals surface area contributed by atoms with Crippen LogP contribution in [-0.4, -0.2) is 51.4 Å². The van der Waals surface area contributed by atoms with E-state index in [9.17, 15) is 42.0 Å². The van der Waals surface area contributed by atoms with E-state index in [1.165, 1.54) is 0 Å². The van der Waals surface area contributed by atoms with Crippen LogP contribution in [0.5, 0.6) is 0 Å². The van der Waals surface area contributed by atoms with Crippen molar-refractivity contribution >= 4 is 51.4 Å². The van der Waals surface area contributed by atoms with Crippen molar-refractivity contribution in [1.82, 2.24) is 0 Å². The predicted octanol–water partition coefficient (Wildman–Crippen LogP) is -1.30. The fraction of sp³-hybridized carbons (Fsp3) is 0.438. The van der Waals surface area contributed by atoms with Crippen LogP contribution < -0.4 is 0 Å². The number of Topliss-reactive ketones (excluding diaryl/α,β-unsaturated/α-hetero) is 6. The molecule has 12 heteroatoms. The van der Waals surface area contributed by atoms with Gasteiger partial charge in [-0.05, 0) is 0 Å². The van der Waals surface area contributed by atoms with E-state index >= 15 is 0 Å².